The van der Waals surface area contributed by atoms with E-state index in [4.69, 9.17) is 19.4 Å². The lowest BCUT2D eigenvalue weighted by atomic mass is 10.0. The molecule has 0 unspecified atom stereocenters. The molecule has 4 aromatic rings. The number of H-pyrrole nitrogens is 2. The summed E-state index contributed by atoms with van der Waals surface area (Å²) >= 11 is 0. The zero-order valence-corrected chi connectivity index (χ0v) is 31.4. The Labute approximate surface area is 314 Å². The van der Waals surface area contributed by atoms with E-state index in [0.29, 0.717) is 41.6 Å². The van der Waals surface area contributed by atoms with E-state index in [1.807, 2.05) is 64.1 Å². The second kappa shape index (κ2) is 16.4. The molecule has 0 radical (unpaired) electrons. The van der Waals surface area contributed by atoms with Crippen LogP contribution in [0.25, 0.3) is 22.4 Å². The van der Waals surface area contributed by atoms with Crippen LogP contribution in [0.2, 0.25) is 0 Å². The normalized spacial score (nSPS) is 18.0. The van der Waals surface area contributed by atoms with Gasteiger partial charge in [0.25, 0.3) is 0 Å². The fourth-order valence-corrected chi connectivity index (χ4v) is 7.05. The number of ether oxygens (including phenoxy) is 2. The van der Waals surface area contributed by atoms with Gasteiger partial charge in [-0.2, -0.15) is 0 Å². The Morgan fingerprint density at radius 2 is 1.33 bits per heavy atom. The fraction of sp³-hybridized carbons (Fsp3) is 0.462. The molecule has 4 N–H and O–H groups in total. The molecule has 5 heterocycles. The first kappa shape index (κ1) is 37.8. The van der Waals surface area contributed by atoms with Gasteiger partial charge in [-0.15, -0.1) is 0 Å². The van der Waals surface area contributed by atoms with Crippen molar-refractivity contribution in [3.05, 3.63) is 65.5 Å². The number of aromatic nitrogens is 5. The largest absolute Gasteiger partial charge is 0.453 e. The summed E-state index contributed by atoms with van der Waals surface area (Å²) in [4.78, 5) is 75.2. The first-order valence-corrected chi connectivity index (χ1v) is 18.3. The molecule has 0 saturated carbocycles. The van der Waals surface area contributed by atoms with Crippen molar-refractivity contribution in [3.63, 3.8) is 0 Å². The van der Waals surface area contributed by atoms with Crippen molar-refractivity contribution >= 4 is 35.2 Å². The number of hydrogen-bond acceptors (Lipinski definition) is 9. The highest BCUT2D eigenvalue weighted by atomic mass is 16.5. The van der Waals surface area contributed by atoms with Crippen molar-refractivity contribution in [2.45, 2.75) is 77.5 Å². The van der Waals surface area contributed by atoms with Crippen LogP contribution in [0, 0.1) is 23.7 Å². The predicted molar refractivity (Wildman–Crippen MR) is 200 cm³/mol. The van der Waals surface area contributed by atoms with E-state index in [1.165, 1.54) is 14.2 Å². The Balaban J connectivity index is 1.12. The number of carbonyl (C=O) groups is 4. The van der Waals surface area contributed by atoms with Crippen molar-refractivity contribution in [1.29, 1.82) is 0 Å². The van der Waals surface area contributed by atoms with Crippen LogP contribution in [0.3, 0.4) is 0 Å². The molecule has 0 bridgehead atoms. The number of pyridine rings is 1. The number of aromatic amines is 2. The second-order valence-electron chi connectivity index (χ2n) is 14.3. The van der Waals surface area contributed by atoms with E-state index < -0.39 is 24.3 Å². The minimum atomic E-state index is -0.713. The number of benzene rings is 1. The number of nitrogens with one attached hydrogen (secondary N) is 4. The summed E-state index contributed by atoms with van der Waals surface area (Å²) in [5, 5.41) is 5.36. The Morgan fingerprint density at radius 1 is 0.759 bits per heavy atom. The predicted octanol–water partition coefficient (Wildman–Crippen LogP) is 4.84. The van der Waals surface area contributed by atoms with Crippen LogP contribution in [0.4, 0.5) is 9.59 Å². The molecule has 15 nitrogen and oxygen atoms in total. The summed E-state index contributed by atoms with van der Waals surface area (Å²) in [5.41, 5.74) is 4.37. The van der Waals surface area contributed by atoms with Crippen molar-refractivity contribution in [3.8, 4) is 23.1 Å². The quantitative estimate of drug-likeness (QED) is 0.175. The molecular weight excluding hydrogens is 690 g/mol. The lowest BCUT2D eigenvalue weighted by molar-refractivity contribution is -0.136. The second-order valence-corrected chi connectivity index (χ2v) is 14.3. The van der Waals surface area contributed by atoms with E-state index >= 15 is 0 Å². The molecule has 3 aromatic heterocycles. The van der Waals surface area contributed by atoms with Gasteiger partial charge in [-0.3, -0.25) is 9.59 Å². The number of imidazole rings is 2. The highest BCUT2D eigenvalue weighted by molar-refractivity contribution is 5.87. The van der Waals surface area contributed by atoms with Gasteiger partial charge in [0.15, 0.2) is 5.65 Å². The molecule has 2 fully saturated rings. The van der Waals surface area contributed by atoms with E-state index in [9.17, 15) is 19.2 Å². The van der Waals surface area contributed by atoms with E-state index in [0.717, 1.165) is 42.5 Å². The smallest absolute Gasteiger partial charge is 0.407 e. The molecule has 0 aliphatic carbocycles. The lowest BCUT2D eigenvalue weighted by Gasteiger charge is -2.30. The van der Waals surface area contributed by atoms with Gasteiger partial charge in [0.1, 0.15) is 34.9 Å². The number of rotatable bonds is 9. The molecule has 2 aliphatic rings. The SMILES string of the molecule is COC(=O)N[C@H](C(=O)N1CCC[C@H]1c1ncc(-c2ccc(C#Cc3ccc4nc([C@@H]5CCCN5C(=O)[C@@H](NC(=O)OC)C(C)C)[nH]c4n3)cc2)[nH]1)C(C)C. The Morgan fingerprint density at radius 3 is 1.89 bits per heavy atom. The van der Waals surface area contributed by atoms with Crippen LogP contribution < -0.4 is 10.6 Å². The Kier molecular flexibility index (Phi) is 11.5. The van der Waals surface area contributed by atoms with E-state index in [1.54, 1.807) is 16.0 Å². The molecule has 4 amide bonds. The number of likely N-dealkylation sites (tertiary alicyclic amines) is 2. The molecule has 1 aromatic carbocycles. The third-order valence-corrected chi connectivity index (χ3v) is 9.97. The highest BCUT2D eigenvalue weighted by Crippen LogP contribution is 2.34. The van der Waals surface area contributed by atoms with Gasteiger partial charge in [0.2, 0.25) is 11.8 Å². The summed E-state index contributed by atoms with van der Waals surface area (Å²) in [7, 11) is 2.56. The van der Waals surface area contributed by atoms with Gasteiger partial charge in [-0.05, 0) is 73.3 Å². The zero-order valence-electron chi connectivity index (χ0n) is 31.4. The monoisotopic (exact) mass is 737 g/mol. The van der Waals surface area contributed by atoms with Crippen molar-refractivity contribution in [1.82, 2.24) is 45.4 Å². The number of hydrogen-bond donors (Lipinski definition) is 4. The number of fused-ring (bicyclic) bond motifs is 1. The van der Waals surface area contributed by atoms with Gasteiger partial charge in [0, 0.05) is 18.7 Å². The van der Waals surface area contributed by atoms with E-state index in [2.05, 4.69) is 37.4 Å². The third-order valence-electron chi connectivity index (χ3n) is 9.97. The summed E-state index contributed by atoms with van der Waals surface area (Å²) in [5.74, 6) is 7.11. The van der Waals surface area contributed by atoms with Crippen molar-refractivity contribution < 1.29 is 28.7 Å². The average Bonchev–Trinajstić information content (AvgIpc) is 4.00. The minimum Gasteiger partial charge on any atom is -0.453 e. The molecule has 15 heteroatoms. The van der Waals surface area contributed by atoms with Crippen LogP contribution in [-0.2, 0) is 19.1 Å². The van der Waals surface area contributed by atoms with Gasteiger partial charge >= 0.3 is 12.2 Å². The Bertz CT molecular complexity index is 2060. The molecule has 0 spiro atoms. The maximum Gasteiger partial charge on any atom is 0.407 e. The molecule has 284 valence electrons. The first-order valence-electron chi connectivity index (χ1n) is 18.3. The van der Waals surface area contributed by atoms with Crippen LogP contribution in [0.5, 0.6) is 0 Å². The molecular formula is C39H47N9O6. The maximum atomic E-state index is 13.5. The van der Waals surface area contributed by atoms with Crippen molar-refractivity contribution in [2.75, 3.05) is 27.3 Å². The highest BCUT2D eigenvalue weighted by Gasteiger charge is 2.39. The summed E-state index contributed by atoms with van der Waals surface area (Å²) in [6.45, 7) is 8.69. The van der Waals surface area contributed by atoms with Gasteiger partial charge in [0.05, 0.1) is 38.2 Å². The average molecular weight is 738 g/mol. The van der Waals surface area contributed by atoms with Gasteiger partial charge in [-0.1, -0.05) is 45.7 Å². The maximum absolute atomic E-state index is 13.5. The summed E-state index contributed by atoms with van der Waals surface area (Å²) in [6.07, 6.45) is 3.66. The fourth-order valence-electron chi connectivity index (χ4n) is 7.05. The number of methoxy groups -OCH3 is 2. The van der Waals surface area contributed by atoms with Gasteiger partial charge < -0.3 is 39.9 Å². The van der Waals surface area contributed by atoms with Crippen molar-refractivity contribution in [2.24, 2.45) is 11.8 Å². The topological polar surface area (TPSA) is 188 Å². The number of alkyl carbamates (subject to hydrolysis) is 2. The molecule has 2 saturated heterocycles. The van der Waals surface area contributed by atoms with Crippen LogP contribution in [0.1, 0.15) is 88.4 Å². The molecule has 6 rings (SSSR count). The number of carbonyl (C=O) groups excluding carboxylic acids is 4. The van der Waals surface area contributed by atoms with Crippen LogP contribution in [0.15, 0.2) is 42.6 Å². The van der Waals surface area contributed by atoms with Gasteiger partial charge in [-0.25, -0.2) is 24.5 Å². The third kappa shape index (κ3) is 8.17. The standard InChI is InChI=1S/C39H47N9O6/c1-22(2)31(44-38(51)53-5)36(49)47-19-7-9-29(47)34-40-21-28(43-34)25-14-11-24(12-15-25)13-16-26-17-18-27-33(41-26)46-35(42-27)30-10-8-20-48(30)37(50)32(23(3)4)45-39(52)54-6/h11-12,14-15,17-18,21-23,29-32H,7-10,19-20H2,1-6H3,(H,40,43)(H,44,51)(H,45,52)(H,41,42,46)/t29-,30-,31-,32-/m0/s1. The van der Waals surface area contributed by atoms with Crippen LogP contribution in [-0.4, -0.2) is 98.1 Å². The molecule has 4 atom stereocenters. The molecule has 54 heavy (non-hydrogen) atoms. The van der Waals surface area contributed by atoms with E-state index in [-0.39, 0.29) is 35.7 Å². The summed E-state index contributed by atoms with van der Waals surface area (Å²) in [6, 6.07) is 9.57. The zero-order chi connectivity index (χ0) is 38.5. The van der Waals surface area contributed by atoms with Crippen LogP contribution >= 0.6 is 0 Å². The number of nitrogens with zero attached hydrogens (tertiary/aromatic N) is 5. The molecule has 2 aliphatic heterocycles. The minimum absolute atomic E-state index is 0.113. The Hall–Kier alpha value is -5.91. The summed E-state index contributed by atoms with van der Waals surface area (Å²) < 4.78 is 9.48. The number of amides is 4. The lowest BCUT2D eigenvalue weighted by Crippen LogP contribution is -2.51. The first-order chi connectivity index (χ1) is 26.0.